The molecule has 4 aromatic rings. The molecule has 2 amide bonds. The first kappa shape index (κ1) is 24.4. The molecule has 4 rings (SSSR count). The number of pyridine rings is 1. The van der Waals surface area contributed by atoms with Crippen LogP contribution in [0.1, 0.15) is 32.7 Å². The first-order chi connectivity index (χ1) is 17.6. The van der Waals surface area contributed by atoms with Gasteiger partial charge in [-0.25, -0.2) is 0 Å². The minimum Gasteiger partial charge on any atom is -0.355 e. The highest BCUT2D eigenvalue weighted by Gasteiger charge is 2.19. The van der Waals surface area contributed by atoms with E-state index in [9.17, 15) is 9.59 Å². The first-order valence-electron chi connectivity index (χ1n) is 11.7. The van der Waals surface area contributed by atoms with Gasteiger partial charge in [-0.2, -0.15) is 5.26 Å². The number of carbonyl (C=O) groups is 2. The van der Waals surface area contributed by atoms with E-state index in [2.05, 4.69) is 16.4 Å². The second kappa shape index (κ2) is 12.1. The summed E-state index contributed by atoms with van der Waals surface area (Å²) in [5.41, 5.74) is 4.41. The van der Waals surface area contributed by atoms with E-state index < -0.39 is 0 Å². The molecule has 6 heteroatoms. The molecule has 0 aliphatic rings. The zero-order valence-electron chi connectivity index (χ0n) is 19.8. The standard InChI is InChI=1S/C30H26N4O2/c31-21-23-12-14-26(15-13-23)30(36)34(22-24-7-2-1-3-8-24)28-11-6-9-25(19-28)20-29(35)33-18-16-27-10-4-5-17-32-27/h1-15,17,19H,16,18,20,22H2,(H,33,35). The van der Waals surface area contributed by atoms with Crippen molar-refractivity contribution < 1.29 is 9.59 Å². The molecule has 0 aliphatic heterocycles. The molecule has 0 saturated heterocycles. The van der Waals surface area contributed by atoms with Gasteiger partial charge in [0.15, 0.2) is 0 Å². The van der Waals surface area contributed by atoms with Crippen molar-refractivity contribution in [3.8, 4) is 6.07 Å². The molecule has 0 spiro atoms. The number of carbonyl (C=O) groups excluding carboxylic acids is 2. The van der Waals surface area contributed by atoms with Crippen molar-refractivity contribution in [2.45, 2.75) is 19.4 Å². The van der Waals surface area contributed by atoms with Crippen LogP contribution in [0.4, 0.5) is 5.69 Å². The first-order valence-corrected chi connectivity index (χ1v) is 11.7. The lowest BCUT2D eigenvalue weighted by Gasteiger charge is -2.24. The number of benzene rings is 3. The van der Waals surface area contributed by atoms with Gasteiger partial charge in [0.2, 0.25) is 5.91 Å². The van der Waals surface area contributed by atoms with Crippen molar-refractivity contribution in [3.05, 3.63) is 131 Å². The Bertz CT molecular complexity index is 1350. The Labute approximate surface area is 210 Å². The minimum absolute atomic E-state index is 0.0869. The van der Waals surface area contributed by atoms with Gasteiger partial charge in [0.05, 0.1) is 24.6 Å². The van der Waals surface area contributed by atoms with E-state index in [1.807, 2.05) is 72.8 Å². The lowest BCUT2D eigenvalue weighted by molar-refractivity contribution is -0.120. The number of nitrogens with zero attached hydrogens (tertiary/aromatic N) is 3. The van der Waals surface area contributed by atoms with Gasteiger partial charge in [0, 0.05) is 36.1 Å². The van der Waals surface area contributed by atoms with Gasteiger partial charge in [0.25, 0.3) is 5.91 Å². The third-order valence-corrected chi connectivity index (χ3v) is 5.71. The van der Waals surface area contributed by atoms with Crippen LogP contribution in [0.15, 0.2) is 103 Å². The monoisotopic (exact) mass is 474 g/mol. The number of amides is 2. The van der Waals surface area contributed by atoms with Crippen LogP contribution in [0.3, 0.4) is 0 Å². The Balaban J connectivity index is 1.49. The van der Waals surface area contributed by atoms with Gasteiger partial charge in [-0.3, -0.25) is 14.6 Å². The van der Waals surface area contributed by atoms with Gasteiger partial charge in [0.1, 0.15) is 0 Å². The van der Waals surface area contributed by atoms with Crippen LogP contribution in [-0.4, -0.2) is 23.3 Å². The Morgan fingerprint density at radius 3 is 2.33 bits per heavy atom. The van der Waals surface area contributed by atoms with E-state index in [1.165, 1.54) is 0 Å². The van der Waals surface area contributed by atoms with Crippen molar-refractivity contribution in [3.63, 3.8) is 0 Å². The zero-order valence-corrected chi connectivity index (χ0v) is 19.8. The predicted molar refractivity (Wildman–Crippen MR) is 139 cm³/mol. The summed E-state index contributed by atoms with van der Waals surface area (Å²) >= 11 is 0. The summed E-state index contributed by atoms with van der Waals surface area (Å²) in [6.45, 7) is 0.881. The number of hydrogen-bond donors (Lipinski definition) is 1. The average Bonchev–Trinajstić information content (AvgIpc) is 2.93. The molecule has 0 bridgehead atoms. The lowest BCUT2D eigenvalue weighted by atomic mass is 10.1. The van der Waals surface area contributed by atoms with Crippen LogP contribution in [-0.2, 0) is 24.2 Å². The van der Waals surface area contributed by atoms with E-state index in [0.29, 0.717) is 36.3 Å². The van der Waals surface area contributed by atoms with Crippen molar-refractivity contribution in [2.24, 2.45) is 0 Å². The third-order valence-electron chi connectivity index (χ3n) is 5.71. The second-order valence-electron chi connectivity index (χ2n) is 8.33. The van der Waals surface area contributed by atoms with Crippen molar-refractivity contribution in [1.29, 1.82) is 5.26 Å². The summed E-state index contributed by atoms with van der Waals surface area (Å²) in [4.78, 5) is 32.0. The molecule has 0 unspecified atom stereocenters. The molecule has 0 aliphatic carbocycles. The van der Waals surface area contributed by atoms with Crippen molar-refractivity contribution in [2.75, 3.05) is 11.4 Å². The average molecular weight is 475 g/mol. The zero-order chi connectivity index (χ0) is 25.2. The summed E-state index contributed by atoms with van der Waals surface area (Å²) in [6, 6.07) is 31.6. The SMILES string of the molecule is N#Cc1ccc(C(=O)N(Cc2ccccc2)c2cccc(CC(=O)NCCc3ccccn3)c2)cc1. The Morgan fingerprint density at radius 1 is 0.861 bits per heavy atom. The number of hydrogen-bond acceptors (Lipinski definition) is 4. The van der Waals surface area contributed by atoms with Crippen LogP contribution in [0, 0.1) is 11.3 Å². The second-order valence-corrected chi connectivity index (χ2v) is 8.33. The van der Waals surface area contributed by atoms with E-state index >= 15 is 0 Å². The molecule has 0 saturated carbocycles. The number of nitrogens with one attached hydrogen (secondary N) is 1. The lowest BCUT2D eigenvalue weighted by Crippen LogP contribution is -2.31. The summed E-state index contributed by atoms with van der Waals surface area (Å²) in [7, 11) is 0. The van der Waals surface area contributed by atoms with Crippen molar-refractivity contribution in [1.82, 2.24) is 10.3 Å². The highest BCUT2D eigenvalue weighted by Crippen LogP contribution is 2.22. The van der Waals surface area contributed by atoms with E-state index in [0.717, 1.165) is 16.8 Å². The highest BCUT2D eigenvalue weighted by atomic mass is 16.2. The third kappa shape index (κ3) is 6.64. The molecule has 1 N–H and O–H groups in total. The largest absolute Gasteiger partial charge is 0.355 e. The number of rotatable bonds is 9. The summed E-state index contributed by atoms with van der Waals surface area (Å²) in [5.74, 6) is -0.267. The summed E-state index contributed by atoms with van der Waals surface area (Å²) in [6.07, 6.45) is 2.61. The fraction of sp³-hybridized carbons (Fsp3) is 0.133. The maximum absolute atomic E-state index is 13.5. The molecule has 1 heterocycles. The van der Waals surface area contributed by atoms with Crippen LogP contribution < -0.4 is 10.2 Å². The van der Waals surface area contributed by atoms with E-state index in [4.69, 9.17) is 5.26 Å². The van der Waals surface area contributed by atoms with Crippen LogP contribution in [0.2, 0.25) is 0 Å². The quantitative estimate of drug-likeness (QED) is 0.381. The Kier molecular flexibility index (Phi) is 8.18. The molecule has 3 aromatic carbocycles. The molecule has 0 radical (unpaired) electrons. The molecule has 6 nitrogen and oxygen atoms in total. The van der Waals surface area contributed by atoms with E-state index in [1.54, 1.807) is 35.4 Å². The fourth-order valence-corrected chi connectivity index (χ4v) is 3.85. The minimum atomic E-state index is -0.180. The van der Waals surface area contributed by atoms with Gasteiger partial charge in [-0.15, -0.1) is 0 Å². The summed E-state index contributed by atoms with van der Waals surface area (Å²) in [5, 5.41) is 12.0. The molecule has 1 aromatic heterocycles. The van der Waals surface area contributed by atoms with Crippen LogP contribution in [0.5, 0.6) is 0 Å². The van der Waals surface area contributed by atoms with Gasteiger partial charge < -0.3 is 10.2 Å². The summed E-state index contributed by atoms with van der Waals surface area (Å²) < 4.78 is 0. The molecule has 178 valence electrons. The molecule has 36 heavy (non-hydrogen) atoms. The predicted octanol–water partition coefficient (Wildman–Crippen LogP) is 4.70. The molecular weight excluding hydrogens is 448 g/mol. The van der Waals surface area contributed by atoms with Gasteiger partial charge in [-0.05, 0) is 59.7 Å². The number of nitriles is 1. The molecular formula is C30H26N4O2. The number of aromatic nitrogens is 1. The topological polar surface area (TPSA) is 86.1 Å². The smallest absolute Gasteiger partial charge is 0.258 e. The molecule has 0 fully saturated rings. The Morgan fingerprint density at radius 2 is 1.61 bits per heavy atom. The normalized spacial score (nSPS) is 10.3. The Hall–Kier alpha value is -4.76. The van der Waals surface area contributed by atoms with Gasteiger partial charge >= 0.3 is 0 Å². The van der Waals surface area contributed by atoms with Crippen molar-refractivity contribution >= 4 is 17.5 Å². The van der Waals surface area contributed by atoms with Gasteiger partial charge in [-0.1, -0.05) is 48.5 Å². The maximum atomic E-state index is 13.5. The maximum Gasteiger partial charge on any atom is 0.258 e. The van der Waals surface area contributed by atoms with Crippen LogP contribution >= 0.6 is 0 Å². The molecule has 0 atom stereocenters. The fourth-order valence-electron chi connectivity index (χ4n) is 3.85. The van der Waals surface area contributed by atoms with Crippen LogP contribution in [0.25, 0.3) is 0 Å². The van der Waals surface area contributed by atoms with E-state index in [-0.39, 0.29) is 18.2 Å². The number of anilines is 1. The highest BCUT2D eigenvalue weighted by molar-refractivity contribution is 6.06.